The molecule has 0 saturated carbocycles. The Hall–Kier alpha value is -1.31. The van der Waals surface area contributed by atoms with Crippen molar-refractivity contribution in [2.45, 2.75) is 4.90 Å². The fourth-order valence-electron chi connectivity index (χ4n) is 1.39. The average Bonchev–Trinajstić information content (AvgIpc) is 2.34. The van der Waals surface area contributed by atoms with Gasteiger partial charge in [-0.15, -0.1) is 0 Å². The van der Waals surface area contributed by atoms with Crippen LogP contribution in [-0.4, -0.2) is 13.4 Å². The van der Waals surface area contributed by atoms with Crippen molar-refractivity contribution in [3.05, 3.63) is 46.2 Å². The first-order valence-corrected chi connectivity index (χ1v) is 7.73. The minimum atomic E-state index is -3.78. The van der Waals surface area contributed by atoms with Crippen LogP contribution in [0.5, 0.6) is 0 Å². The van der Waals surface area contributed by atoms with Gasteiger partial charge in [-0.2, -0.15) is 0 Å². The lowest BCUT2D eigenvalue weighted by atomic mass is 10.3. The molecule has 0 atom stereocenters. The maximum absolute atomic E-state index is 12.1. The normalized spacial score (nSPS) is 11.3. The molecule has 0 bridgehead atoms. The highest BCUT2D eigenvalue weighted by atomic mass is 79.9. The molecule has 0 aliphatic heterocycles. The third-order valence-electron chi connectivity index (χ3n) is 2.28. The standard InChI is InChI=1S/C11H9BrClN3O2S/c12-8-5-7(1-2-9(8)13)16-19(17,18)11-6-15-4-3-10(11)14/h1-6,16H,(H2,14,15). The molecule has 0 aliphatic carbocycles. The molecule has 0 fully saturated rings. The smallest absolute Gasteiger partial charge is 0.265 e. The van der Waals surface area contributed by atoms with Gasteiger partial charge < -0.3 is 5.73 Å². The third kappa shape index (κ3) is 3.17. The van der Waals surface area contributed by atoms with Gasteiger partial charge in [-0.05, 0) is 40.2 Å². The summed E-state index contributed by atoms with van der Waals surface area (Å²) in [5.41, 5.74) is 6.13. The van der Waals surface area contributed by atoms with Crippen molar-refractivity contribution >= 4 is 48.9 Å². The number of rotatable bonds is 3. The molecule has 3 N–H and O–H groups in total. The maximum atomic E-state index is 12.1. The molecule has 19 heavy (non-hydrogen) atoms. The second-order valence-corrected chi connectivity index (χ2v) is 6.56. The van der Waals surface area contributed by atoms with Crippen molar-refractivity contribution < 1.29 is 8.42 Å². The van der Waals surface area contributed by atoms with Crippen LogP contribution < -0.4 is 10.5 Å². The third-order valence-corrected chi connectivity index (χ3v) is 4.92. The molecule has 1 heterocycles. The summed E-state index contributed by atoms with van der Waals surface area (Å²) in [6.07, 6.45) is 2.62. The van der Waals surface area contributed by atoms with Crippen LogP contribution in [0.2, 0.25) is 5.02 Å². The summed E-state index contributed by atoms with van der Waals surface area (Å²) < 4.78 is 27.3. The highest BCUT2D eigenvalue weighted by Crippen LogP contribution is 2.27. The van der Waals surface area contributed by atoms with E-state index >= 15 is 0 Å². The van der Waals surface area contributed by atoms with Crippen LogP contribution in [0.4, 0.5) is 11.4 Å². The maximum Gasteiger partial charge on any atom is 0.265 e. The number of anilines is 2. The summed E-state index contributed by atoms with van der Waals surface area (Å²) in [5, 5.41) is 0.490. The van der Waals surface area contributed by atoms with Crippen molar-refractivity contribution in [1.29, 1.82) is 0 Å². The van der Waals surface area contributed by atoms with Crippen LogP contribution in [0.15, 0.2) is 46.0 Å². The Morgan fingerprint density at radius 1 is 1.32 bits per heavy atom. The minimum Gasteiger partial charge on any atom is -0.398 e. The monoisotopic (exact) mass is 361 g/mol. The van der Waals surface area contributed by atoms with Gasteiger partial charge in [0.05, 0.1) is 16.4 Å². The van der Waals surface area contributed by atoms with E-state index in [1.807, 2.05) is 0 Å². The molecule has 100 valence electrons. The van der Waals surface area contributed by atoms with Gasteiger partial charge in [-0.3, -0.25) is 9.71 Å². The first kappa shape index (κ1) is 14.1. The predicted octanol–water partition coefficient (Wildman–Crippen LogP) is 2.88. The Bertz CT molecular complexity index is 722. The van der Waals surface area contributed by atoms with Crippen molar-refractivity contribution in [3.8, 4) is 0 Å². The molecule has 2 aromatic rings. The topological polar surface area (TPSA) is 85.1 Å². The summed E-state index contributed by atoms with van der Waals surface area (Å²) in [4.78, 5) is 3.69. The number of aromatic nitrogens is 1. The average molecular weight is 363 g/mol. The van der Waals surface area contributed by atoms with Crippen molar-refractivity contribution in [2.75, 3.05) is 10.5 Å². The number of nitrogens with two attached hydrogens (primary N) is 1. The number of benzene rings is 1. The Balaban J connectivity index is 2.37. The van der Waals surface area contributed by atoms with E-state index in [4.69, 9.17) is 17.3 Å². The second kappa shape index (κ2) is 5.36. The molecule has 1 aromatic heterocycles. The van der Waals surface area contributed by atoms with Crippen molar-refractivity contribution in [3.63, 3.8) is 0 Å². The fourth-order valence-corrected chi connectivity index (χ4v) is 3.01. The van der Waals surface area contributed by atoms with E-state index in [-0.39, 0.29) is 10.6 Å². The molecule has 8 heteroatoms. The molecule has 0 unspecified atom stereocenters. The molecule has 5 nitrogen and oxygen atoms in total. The number of sulfonamides is 1. The van der Waals surface area contributed by atoms with E-state index in [9.17, 15) is 8.42 Å². The molecule has 0 amide bonds. The van der Waals surface area contributed by atoms with Crippen LogP contribution in [0, 0.1) is 0 Å². The zero-order valence-electron chi connectivity index (χ0n) is 9.47. The zero-order chi connectivity index (χ0) is 14.0. The first-order chi connectivity index (χ1) is 8.90. The highest BCUT2D eigenvalue weighted by molar-refractivity contribution is 9.10. The molecule has 0 aliphatic rings. The number of hydrogen-bond donors (Lipinski definition) is 2. The molecule has 0 saturated heterocycles. The SMILES string of the molecule is Nc1ccncc1S(=O)(=O)Nc1ccc(Cl)c(Br)c1. The number of nitrogen functional groups attached to an aromatic ring is 1. The van der Waals surface area contributed by atoms with Gasteiger partial charge in [0.1, 0.15) is 4.90 Å². The van der Waals surface area contributed by atoms with Crippen LogP contribution in [0.3, 0.4) is 0 Å². The summed E-state index contributed by atoms with van der Waals surface area (Å²) in [6.45, 7) is 0. The number of hydrogen-bond acceptors (Lipinski definition) is 4. The Morgan fingerprint density at radius 3 is 2.68 bits per heavy atom. The Kier molecular flexibility index (Phi) is 3.98. The zero-order valence-corrected chi connectivity index (χ0v) is 12.6. The summed E-state index contributed by atoms with van der Waals surface area (Å²) in [5.74, 6) is 0. The van der Waals surface area contributed by atoms with E-state index in [2.05, 4.69) is 25.6 Å². The quantitative estimate of drug-likeness (QED) is 0.879. The summed E-state index contributed by atoms with van der Waals surface area (Å²) >= 11 is 9.06. The van der Waals surface area contributed by atoms with Crippen molar-refractivity contribution in [1.82, 2.24) is 4.98 Å². The van der Waals surface area contributed by atoms with Crippen LogP contribution in [0.25, 0.3) is 0 Å². The van der Waals surface area contributed by atoms with Gasteiger partial charge in [0, 0.05) is 16.9 Å². The minimum absolute atomic E-state index is 0.0685. The molecular weight excluding hydrogens is 354 g/mol. The lowest BCUT2D eigenvalue weighted by Gasteiger charge is -2.10. The number of pyridine rings is 1. The Morgan fingerprint density at radius 2 is 2.05 bits per heavy atom. The first-order valence-electron chi connectivity index (χ1n) is 5.07. The van der Waals surface area contributed by atoms with Gasteiger partial charge in [0.15, 0.2) is 0 Å². The summed E-state index contributed by atoms with van der Waals surface area (Å²) in [6, 6.07) is 6.12. The van der Waals surface area contributed by atoms with Gasteiger partial charge in [0.25, 0.3) is 10.0 Å². The molecular formula is C11H9BrClN3O2S. The van der Waals surface area contributed by atoms with E-state index in [0.717, 1.165) is 0 Å². The lowest BCUT2D eigenvalue weighted by Crippen LogP contribution is -2.15. The molecule has 2 rings (SSSR count). The molecule has 0 radical (unpaired) electrons. The van der Waals surface area contributed by atoms with Gasteiger partial charge in [-0.1, -0.05) is 11.6 Å². The number of nitrogens with one attached hydrogen (secondary N) is 1. The van der Waals surface area contributed by atoms with Gasteiger partial charge >= 0.3 is 0 Å². The van der Waals surface area contributed by atoms with E-state index in [1.165, 1.54) is 18.5 Å². The predicted molar refractivity (Wildman–Crippen MR) is 78.6 cm³/mol. The van der Waals surface area contributed by atoms with Crippen LogP contribution in [-0.2, 0) is 10.0 Å². The van der Waals surface area contributed by atoms with Crippen molar-refractivity contribution in [2.24, 2.45) is 0 Å². The van der Waals surface area contributed by atoms with E-state index < -0.39 is 10.0 Å². The van der Waals surface area contributed by atoms with Crippen LogP contribution >= 0.6 is 27.5 Å². The molecule has 0 spiro atoms. The largest absolute Gasteiger partial charge is 0.398 e. The van der Waals surface area contributed by atoms with Gasteiger partial charge in [0.2, 0.25) is 0 Å². The Labute approximate surface area is 124 Å². The van der Waals surface area contributed by atoms with Gasteiger partial charge in [-0.25, -0.2) is 8.42 Å². The highest BCUT2D eigenvalue weighted by Gasteiger charge is 2.17. The van der Waals surface area contributed by atoms with Crippen LogP contribution in [0.1, 0.15) is 0 Å². The number of halogens is 2. The lowest BCUT2D eigenvalue weighted by molar-refractivity contribution is 0.601. The molecule has 1 aromatic carbocycles. The number of nitrogens with zero attached hydrogens (tertiary/aromatic N) is 1. The summed E-state index contributed by atoms with van der Waals surface area (Å²) in [7, 11) is -3.78. The van der Waals surface area contributed by atoms with E-state index in [1.54, 1.807) is 18.2 Å². The fraction of sp³-hybridized carbons (Fsp3) is 0. The van der Waals surface area contributed by atoms with E-state index in [0.29, 0.717) is 15.2 Å². The second-order valence-electron chi connectivity index (χ2n) is 3.65.